The van der Waals surface area contributed by atoms with Crippen LogP contribution in [0.1, 0.15) is 5.89 Å². The number of methoxy groups -OCH3 is 1. The van der Waals surface area contributed by atoms with Crippen LogP contribution in [0.15, 0.2) is 28.9 Å². The van der Waals surface area contributed by atoms with Crippen molar-refractivity contribution in [1.29, 1.82) is 0 Å². The zero-order valence-corrected chi connectivity index (χ0v) is 14.3. The molecule has 8 nitrogen and oxygen atoms in total. The second-order valence-electron chi connectivity index (χ2n) is 6.79. The minimum absolute atomic E-state index is 0.216. The van der Waals surface area contributed by atoms with Crippen molar-refractivity contribution in [3.05, 3.63) is 30.3 Å². The maximum Gasteiger partial charge on any atom is 0.409 e. The first kappa shape index (κ1) is 16.0. The third-order valence-corrected chi connectivity index (χ3v) is 5.09. The molecule has 1 aliphatic heterocycles. The summed E-state index contributed by atoms with van der Waals surface area (Å²) in [7, 11) is 3.48. The van der Waals surface area contributed by atoms with Gasteiger partial charge in [0.15, 0.2) is 0 Å². The van der Waals surface area contributed by atoms with Crippen molar-refractivity contribution in [3.63, 3.8) is 0 Å². The molecule has 1 amide bonds. The van der Waals surface area contributed by atoms with Crippen molar-refractivity contribution in [1.82, 2.24) is 24.9 Å². The summed E-state index contributed by atoms with van der Waals surface area (Å²) in [6, 6.07) is 5.61. The van der Waals surface area contributed by atoms with Crippen LogP contribution in [-0.2, 0) is 11.3 Å². The van der Waals surface area contributed by atoms with Gasteiger partial charge < -0.3 is 14.2 Å². The van der Waals surface area contributed by atoms with E-state index in [4.69, 9.17) is 9.26 Å². The number of hydrogen-bond donors (Lipinski definition) is 0. The molecule has 3 heterocycles. The summed E-state index contributed by atoms with van der Waals surface area (Å²) in [5.74, 6) is 2.91. The number of amides is 1. The summed E-state index contributed by atoms with van der Waals surface area (Å²) in [6.07, 6.45) is 1.49. The van der Waals surface area contributed by atoms with Crippen molar-refractivity contribution in [3.8, 4) is 11.5 Å². The van der Waals surface area contributed by atoms with Crippen LogP contribution in [0, 0.1) is 17.8 Å². The molecule has 2 aliphatic rings. The maximum atomic E-state index is 11.5. The Bertz CT molecular complexity index is 738. The number of ether oxygens (including phenoxy) is 1. The van der Waals surface area contributed by atoms with E-state index >= 15 is 0 Å². The molecule has 0 radical (unpaired) electrons. The van der Waals surface area contributed by atoms with Gasteiger partial charge in [-0.2, -0.15) is 4.98 Å². The SMILES string of the molecule is COC(=O)N1CC2C(CN(C)Cc3nc(-c4ccccn4)no3)C2C1. The van der Waals surface area contributed by atoms with E-state index in [0.717, 1.165) is 19.6 Å². The van der Waals surface area contributed by atoms with E-state index in [1.165, 1.54) is 7.11 Å². The fraction of sp³-hybridized carbons (Fsp3) is 0.529. The molecular weight excluding hydrogens is 322 g/mol. The first-order valence-electron chi connectivity index (χ1n) is 8.41. The topological polar surface area (TPSA) is 84.6 Å². The monoisotopic (exact) mass is 343 g/mol. The summed E-state index contributed by atoms with van der Waals surface area (Å²) >= 11 is 0. The minimum Gasteiger partial charge on any atom is -0.453 e. The molecule has 1 aliphatic carbocycles. The number of pyridine rings is 1. The van der Waals surface area contributed by atoms with Crippen LogP contribution in [-0.4, -0.2) is 64.8 Å². The fourth-order valence-electron chi connectivity index (χ4n) is 3.77. The molecule has 8 heteroatoms. The van der Waals surface area contributed by atoms with E-state index in [1.54, 1.807) is 11.1 Å². The summed E-state index contributed by atoms with van der Waals surface area (Å²) in [6.45, 7) is 3.18. The highest BCUT2D eigenvalue weighted by Crippen LogP contribution is 2.52. The molecule has 1 saturated carbocycles. The number of carbonyl (C=O) groups excluding carboxylic acids is 1. The van der Waals surface area contributed by atoms with Crippen LogP contribution in [0.2, 0.25) is 0 Å². The molecule has 2 fully saturated rings. The number of fused-ring (bicyclic) bond motifs is 1. The number of carbonyl (C=O) groups is 1. The Morgan fingerprint density at radius 1 is 1.40 bits per heavy atom. The van der Waals surface area contributed by atoms with Crippen LogP contribution in [0.4, 0.5) is 4.79 Å². The van der Waals surface area contributed by atoms with Crippen LogP contribution < -0.4 is 0 Å². The number of rotatable bonds is 5. The molecule has 2 atom stereocenters. The lowest BCUT2D eigenvalue weighted by molar-refractivity contribution is 0.125. The summed E-state index contributed by atoms with van der Waals surface area (Å²) < 4.78 is 10.1. The predicted molar refractivity (Wildman–Crippen MR) is 88.3 cm³/mol. The number of aromatic nitrogens is 3. The first-order chi connectivity index (χ1) is 12.2. The third kappa shape index (κ3) is 3.21. The van der Waals surface area contributed by atoms with Crippen LogP contribution in [0.5, 0.6) is 0 Å². The van der Waals surface area contributed by atoms with Gasteiger partial charge in [-0.25, -0.2) is 4.79 Å². The highest BCUT2D eigenvalue weighted by Gasteiger charge is 2.56. The lowest BCUT2D eigenvalue weighted by Gasteiger charge is -2.20. The second-order valence-corrected chi connectivity index (χ2v) is 6.79. The Morgan fingerprint density at radius 3 is 2.88 bits per heavy atom. The van der Waals surface area contributed by atoms with Gasteiger partial charge in [-0.15, -0.1) is 0 Å². The van der Waals surface area contributed by atoms with E-state index in [1.807, 2.05) is 18.2 Å². The summed E-state index contributed by atoms with van der Waals surface area (Å²) in [5, 5.41) is 4.00. The Kier molecular flexibility index (Phi) is 4.12. The van der Waals surface area contributed by atoms with Gasteiger partial charge in [0.25, 0.3) is 0 Å². The van der Waals surface area contributed by atoms with Crippen LogP contribution in [0.25, 0.3) is 11.5 Å². The average molecular weight is 343 g/mol. The largest absolute Gasteiger partial charge is 0.453 e. The zero-order valence-electron chi connectivity index (χ0n) is 14.3. The van der Waals surface area contributed by atoms with Gasteiger partial charge in [0.2, 0.25) is 11.7 Å². The van der Waals surface area contributed by atoms with Crippen molar-refractivity contribution >= 4 is 6.09 Å². The van der Waals surface area contributed by atoms with E-state index in [9.17, 15) is 4.79 Å². The number of piperidine rings is 1. The zero-order chi connectivity index (χ0) is 17.4. The molecule has 2 aromatic rings. The van der Waals surface area contributed by atoms with Crippen LogP contribution >= 0.6 is 0 Å². The van der Waals surface area contributed by atoms with E-state index in [0.29, 0.717) is 41.7 Å². The van der Waals surface area contributed by atoms with E-state index < -0.39 is 0 Å². The van der Waals surface area contributed by atoms with Crippen molar-refractivity contribution in [2.24, 2.45) is 17.8 Å². The molecule has 132 valence electrons. The smallest absolute Gasteiger partial charge is 0.409 e. The van der Waals surface area contributed by atoms with Crippen molar-refractivity contribution < 1.29 is 14.1 Å². The minimum atomic E-state index is -0.216. The molecule has 0 bridgehead atoms. The molecule has 25 heavy (non-hydrogen) atoms. The van der Waals surface area contributed by atoms with Gasteiger partial charge >= 0.3 is 6.09 Å². The van der Waals surface area contributed by atoms with Crippen LogP contribution in [0.3, 0.4) is 0 Å². The third-order valence-electron chi connectivity index (χ3n) is 5.09. The number of hydrogen-bond acceptors (Lipinski definition) is 7. The van der Waals surface area contributed by atoms with Gasteiger partial charge in [0.1, 0.15) is 5.69 Å². The molecule has 1 saturated heterocycles. The molecular formula is C17H21N5O3. The molecule has 0 spiro atoms. The number of nitrogens with zero attached hydrogens (tertiary/aromatic N) is 5. The summed E-state index contributed by atoms with van der Waals surface area (Å²) in [5.41, 5.74) is 0.708. The lowest BCUT2D eigenvalue weighted by atomic mass is 10.2. The van der Waals surface area contributed by atoms with Gasteiger partial charge in [0.05, 0.1) is 13.7 Å². The van der Waals surface area contributed by atoms with Gasteiger partial charge in [-0.3, -0.25) is 9.88 Å². The van der Waals surface area contributed by atoms with Crippen molar-refractivity contribution in [2.45, 2.75) is 6.54 Å². The normalized spacial score (nSPS) is 24.4. The maximum absolute atomic E-state index is 11.5. The average Bonchev–Trinajstić information content (AvgIpc) is 3.03. The quantitative estimate of drug-likeness (QED) is 0.813. The molecule has 0 aromatic carbocycles. The molecule has 2 aromatic heterocycles. The number of likely N-dealkylation sites (tertiary alicyclic amines) is 1. The second kappa shape index (κ2) is 6.44. The molecule has 0 N–H and O–H groups in total. The highest BCUT2D eigenvalue weighted by atomic mass is 16.5. The molecule has 4 rings (SSSR count). The highest BCUT2D eigenvalue weighted by molar-refractivity contribution is 5.68. The van der Waals surface area contributed by atoms with Gasteiger partial charge in [-0.1, -0.05) is 11.2 Å². The Morgan fingerprint density at radius 2 is 2.20 bits per heavy atom. The Labute approximate surface area is 145 Å². The Balaban J connectivity index is 1.28. The van der Waals surface area contributed by atoms with E-state index in [-0.39, 0.29) is 6.09 Å². The lowest BCUT2D eigenvalue weighted by Crippen LogP contribution is -2.33. The Hall–Kier alpha value is -2.48. The van der Waals surface area contributed by atoms with Gasteiger partial charge in [-0.05, 0) is 36.9 Å². The van der Waals surface area contributed by atoms with Gasteiger partial charge in [0, 0.05) is 25.8 Å². The fourth-order valence-corrected chi connectivity index (χ4v) is 3.77. The first-order valence-corrected chi connectivity index (χ1v) is 8.41. The van der Waals surface area contributed by atoms with E-state index in [2.05, 4.69) is 27.1 Å². The standard InChI is InChI=1S/C17H21N5O3/c1-21(7-11-12-8-22(9-13(11)12)17(23)24-2)10-15-19-16(20-25-15)14-5-3-4-6-18-14/h3-6,11-13H,7-10H2,1-2H3. The molecule has 2 unspecified atom stereocenters. The van der Waals surface area contributed by atoms with Crippen molar-refractivity contribution in [2.75, 3.05) is 33.8 Å². The predicted octanol–water partition coefficient (Wildman–Crippen LogP) is 1.51. The summed E-state index contributed by atoms with van der Waals surface area (Å²) in [4.78, 5) is 24.2.